The Morgan fingerprint density at radius 3 is 2.50 bits per heavy atom. The Morgan fingerprint density at radius 1 is 1.11 bits per heavy atom. The van der Waals surface area contributed by atoms with Crippen LogP contribution in [0.15, 0.2) is 75.1 Å². The maximum Gasteiger partial charge on any atom is 0.353 e. The summed E-state index contributed by atoms with van der Waals surface area (Å²) in [7, 11) is 0. The van der Waals surface area contributed by atoms with Crippen molar-refractivity contribution in [2.75, 3.05) is 6.61 Å². The molecule has 4 aromatic rings. The normalized spacial score (nSPS) is 19.2. The molecule has 0 spiro atoms. The minimum Gasteiger partial charge on any atom is -0.491 e. The van der Waals surface area contributed by atoms with Crippen molar-refractivity contribution in [2.45, 2.75) is 45.2 Å². The van der Waals surface area contributed by atoms with Crippen LogP contribution in [0.25, 0.3) is 21.5 Å². The van der Waals surface area contributed by atoms with Crippen LogP contribution in [0, 0.1) is 13.8 Å². The summed E-state index contributed by atoms with van der Waals surface area (Å²) in [4.78, 5) is 19.6. The monoisotopic (exact) mass is 487 g/mol. The molecule has 0 bridgehead atoms. The van der Waals surface area contributed by atoms with Gasteiger partial charge < -0.3 is 18.6 Å². The van der Waals surface area contributed by atoms with Crippen LogP contribution >= 0.6 is 0 Å². The third kappa shape index (κ3) is 5.19. The van der Waals surface area contributed by atoms with Crippen molar-refractivity contribution in [3.05, 3.63) is 98.6 Å². The summed E-state index contributed by atoms with van der Waals surface area (Å²) in [5.41, 5.74) is 10.5. The van der Waals surface area contributed by atoms with Crippen LogP contribution < -0.4 is 15.2 Å². The largest absolute Gasteiger partial charge is 0.491 e. The number of ether oxygens (including phenoxy) is 3. The molecule has 1 fully saturated rings. The summed E-state index contributed by atoms with van der Waals surface area (Å²) in [5.74, 6) is 1.87. The number of azide groups is 1. The van der Waals surface area contributed by atoms with Crippen molar-refractivity contribution in [3.8, 4) is 11.5 Å². The Hall–Kier alpha value is -4.27. The summed E-state index contributed by atoms with van der Waals surface area (Å²) < 4.78 is 25.5. The van der Waals surface area contributed by atoms with Gasteiger partial charge in [0, 0.05) is 17.5 Å². The number of hydrogen-bond donors (Lipinski definition) is 0. The molecular weight excluding hydrogens is 462 g/mol. The number of rotatable bonds is 8. The zero-order chi connectivity index (χ0) is 25.1. The molecule has 1 aliphatic heterocycles. The van der Waals surface area contributed by atoms with Crippen LogP contribution in [0.4, 0.5) is 0 Å². The number of benzene rings is 2. The molecule has 3 heterocycles. The summed E-state index contributed by atoms with van der Waals surface area (Å²) in [6, 6.07) is 17.3. The lowest BCUT2D eigenvalue weighted by Crippen LogP contribution is -2.32. The van der Waals surface area contributed by atoms with Gasteiger partial charge in [0.05, 0.1) is 11.9 Å². The molecule has 1 saturated heterocycles. The molecule has 0 saturated carbocycles. The van der Waals surface area contributed by atoms with Gasteiger partial charge in [-0.2, -0.15) is 4.98 Å². The summed E-state index contributed by atoms with van der Waals surface area (Å²) >= 11 is 0. The highest BCUT2D eigenvalue weighted by atomic mass is 16.6. The molecule has 36 heavy (non-hydrogen) atoms. The zero-order valence-electron chi connectivity index (χ0n) is 19.9. The fourth-order valence-electron chi connectivity index (χ4n) is 4.11. The molecule has 0 radical (unpaired) electrons. The van der Waals surface area contributed by atoms with E-state index in [9.17, 15) is 4.79 Å². The second kappa shape index (κ2) is 10.2. The van der Waals surface area contributed by atoms with Gasteiger partial charge in [-0.1, -0.05) is 40.5 Å². The van der Waals surface area contributed by atoms with Crippen molar-refractivity contribution in [1.29, 1.82) is 0 Å². The third-order valence-corrected chi connectivity index (χ3v) is 6.01. The maximum absolute atomic E-state index is 12.8. The quantitative estimate of drug-likeness (QED) is 0.190. The first kappa shape index (κ1) is 23.5. The van der Waals surface area contributed by atoms with E-state index in [1.807, 2.05) is 62.4 Å². The predicted molar refractivity (Wildman–Crippen MR) is 132 cm³/mol. The van der Waals surface area contributed by atoms with Gasteiger partial charge in [-0.3, -0.25) is 4.57 Å². The van der Waals surface area contributed by atoms with Gasteiger partial charge in [-0.15, -0.1) is 0 Å². The number of fused-ring (bicyclic) bond motifs is 1. The summed E-state index contributed by atoms with van der Waals surface area (Å²) in [6.45, 7) is 4.32. The fraction of sp³-hybridized carbons (Fsp3) is 0.308. The average Bonchev–Trinajstić information content (AvgIpc) is 3.46. The number of aryl methyl sites for hydroxylation is 2. The number of aromatic nitrogens is 2. The van der Waals surface area contributed by atoms with Gasteiger partial charge in [0.15, 0.2) is 0 Å². The lowest BCUT2D eigenvalue weighted by Gasteiger charge is -2.20. The SMILES string of the molecule is Cc1ccc(OC[C@H]2O[C@@H](n3cc4cc(CN=[N+]=[N-])oc4nc3=O)C[C@@H]2Oc2ccc(C)cc2)cc1. The second-order valence-electron chi connectivity index (χ2n) is 8.75. The van der Waals surface area contributed by atoms with Crippen LogP contribution in [0.3, 0.4) is 0 Å². The highest BCUT2D eigenvalue weighted by Crippen LogP contribution is 2.32. The highest BCUT2D eigenvalue weighted by molar-refractivity contribution is 5.72. The molecule has 10 nitrogen and oxygen atoms in total. The zero-order valence-corrected chi connectivity index (χ0v) is 19.9. The van der Waals surface area contributed by atoms with E-state index < -0.39 is 18.0 Å². The average molecular weight is 488 g/mol. The molecule has 0 amide bonds. The van der Waals surface area contributed by atoms with Crippen molar-refractivity contribution < 1.29 is 18.6 Å². The van der Waals surface area contributed by atoms with E-state index in [1.165, 1.54) is 4.57 Å². The Balaban J connectivity index is 1.39. The number of hydrogen-bond acceptors (Lipinski definition) is 7. The smallest absolute Gasteiger partial charge is 0.353 e. The van der Waals surface area contributed by atoms with Crippen molar-refractivity contribution in [1.82, 2.24) is 9.55 Å². The number of furan rings is 1. The minimum atomic E-state index is -0.605. The molecule has 2 aromatic heterocycles. The predicted octanol–water partition coefficient (Wildman–Crippen LogP) is 5.23. The van der Waals surface area contributed by atoms with Crippen LogP contribution in [0.1, 0.15) is 29.5 Å². The molecule has 0 aliphatic carbocycles. The van der Waals surface area contributed by atoms with E-state index in [1.54, 1.807) is 12.3 Å². The maximum atomic E-state index is 12.8. The molecule has 5 rings (SSSR count). The van der Waals surface area contributed by atoms with Crippen LogP contribution in [-0.2, 0) is 11.3 Å². The van der Waals surface area contributed by atoms with E-state index in [0.29, 0.717) is 23.3 Å². The van der Waals surface area contributed by atoms with Crippen molar-refractivity contribution >= 4 is 11.1 Å². The second-order valence-corrected chi connectivity index (χ2v) is 8.75. The minimum absolute atomic E-state index is 0.0336. The van der Waals surface area contributed by atoms with E-state index in [2.05, 4.69) is 15.0 Å². The van der Waals surface area contributed by atoms with Crippen molar-refractivity contribution in [3.63, 3.8) is 0 Å². The molecule has 0 N–H and O–H groups in total. The molecular formula is C26H25N5O5. The van der Waals surface area contributed by atoms with Crippen molar-refractivity contribution in [2.24, 2.45) is 5.11 Å². The molecule has 0 unspecified atom stereocenters. The Bertz CT molecular complexity index is 1460. The molecule has 184 valence electrons. The first-order valence-electron chi connectivity index (χ1n) is 11.6. The Labute approximate surface area is 206 Å². The molecule has 3 atom stereocenters. The fourth-order valence-corrected chi connectivity index (χ4v) is 4.11. The molecule has 1 aliphatic rings. The van der Waals surface area contributed by atoms with Gasteiger partial charge in [0.2, 0.25) is 5.71 Å². The van der Waals surface area contributed by atoms with E-state index in [4.69, 9.17) is 24.2 Å². The lowest BCUT2D eigenvalue weighted by molar-refractivity contribution is -0.0370. The summed E-state index contributed by atoms with van der Waals surface area (Å²) in [6.07, 6.45) is 0.685. The van der Waals surface area contributed by atoms with Gasteiger partial charge in [-0.25, -0.2) is 4.79 Å². The van der Waals surface area contributed by atoms with E-state index in [0.717, 1.165) is 16.9 Å². The van der Waals surface area contributed by atoms with Gasteiger partial charge in [-0.05, 0) is 49.7 Å². The van der Waals surface area contributed by atoms with Gasteiger partial charge in [0.1, 0.15) is 42.3 Å². The standard InChI is InChI=1S/C26H25N5O5/c1-16-3-7-19(8-4-16)33-15-23-22(34-20-9-5-17(2)6-10-20)12-24(36-23)31-14-18-11-21(13-28-30-27)35-25(18)29-26(31)32/h3-11,14,22-24H,12-13,15H2,1-2H3/t22-,23+,24+/m0/s1. The van der Waals surface area contributed by atoms with Crippen LogP contribution in [0.5, 0.6) is 11.5 Å². The Kier molecular flexibility index (Phi) is 6.62. The highest BCUT2D eigenvalue weighted by Gasteiger charge is 2.39. The lowest BCUT2D eigenvalue weighted by atomic mass is 10.1. The topological polar surface area (TPSA) is 124 Å². The first-order valence-corrected chi connectivity index (χ1v) is 11.6. The number of nitrogens with zero attached hydrogens (tertiary/aromatic N) is 5. The van der Waals surface area contributed by atoms with Crippen LogP contribution in [0.2, 0.25) is 0 Å². The molecule has 2 aromatic carbocycles. The third-order valence-electron chi connectivity index (χ3n) is 6.01. The summed E-state index contributed by atoms with van der Waals surface area (Å²) in [5, 5.41) is 4.10. The molecule has 10 heteroatoms. The van der Waals surface area contributed by atoms with E-state index >= 15 is 0 Å². The Morgan fingerprint density at radius 2 is 1.81 bits per heavy atom. The van der Waals surface area contributed by atoms with E-state index in [-0.39, 0.29) is 25.0 Å². The van der Waals surface area contributed by atoms with Gasteiger partial charge in [0.25, 0.3) is 0 Å². The first-order chi connectivity index (χ1) is 17.5. The van der Waals surface area contributed by atoms with Gasteiger partial charge >= 0.3 is 5.69 Å². The van der Waals surface area contributed by atoms with Crippen LogP contribution in [-0.4, -0.2) is 28.4 Å².